The van der Waals surface area contributed by atoms with Gasteiger partial charge in [-0.25, -0.2) is 4.79 Å². The molecule has 8 nitrogen and oxygen atoms in total. The second-order valence-electron chi connectivity index (χ2n) is 7.36. The van der Waals surface area contributed by atoms with Gasteiger partial charge in [0.15, 0.2) is 17.0 Å². The SMILES string of the molecule is O=C1NC(=O)C2C1C(c1ccc3c(c1)OCCO3)NC2(C(=O)O)c1ccccc1. The molecular weight excluding hydrogens is 376 g/mol. The summed E-state index contributed by atoms with van der Waals surface area (Å²) in [5.41, 5.74) is -0.638. The Hall–Kier alpha value is -3.39. The molecule has 4 unspecified atom stereocenters. The molecule has 8 heteroatoms. The number of hydrogen-bond donors (Lipinski definition) is 3. The molecule has 3 aliphatic rings. The molecule has 2 amide bonds. The Balaban J connectivity index is 1.66. The van der Waals surface area contributed by atoms with Gasteiger partial charge in [0.25, 0.3) is 0 Å². The number of fused-ring (bicyclic) bond motifs is 2. The number of ether oxygens (including phenoxy) is 2. The van der Waals surface area contributed by atoms with Gasteiger partial charge in [0.05, 0.1) is 11.8 Å². The summed E-state index contributed by atoms with van der Waals surface area (Å²) >= 11 is 0. The number of benzene rings is 2. The van der Waals surface area contributed by atoms with Gasteiger partial charge in [0, 0.05) is 6.04 Å². The molecule has 2 aromatic carbocycles. The van der Waals surface area contributed by atoms with Crippen LogP contribution in [0.3, 0.4) is 0 Å². The summed E-state index contributed by atoms with van der Waals surface area (Å²) < 4.78 is 11.2. The topological polar surface area (TPSA) is 114 Å². The summed E-state index contributed by atoms with van der Waals surface area (Å²) in [6, 6.07) is 13.1. The van der Waals surface area contributed by atoms with Gasteiger partial charge in [-0.15, -0.1) is 0 Å². The third-order valence-electron chi connectivity index (χ3n) is 5.89. The van der Waals surface area contributed by atoms with Gasteiger partial charge in [0.2, 0.25) is 11.8 Å². The highest BCUT2D eigenvalue weighted by Gasteiger charge is 2.67. The Kier molecular flexibility index (Phi) is 3.85. The van der Waals surface area contributed by atoms with E-state index >= 15 is 0 Å². The van der Waals surface area contributed by atoms with Gasteiger partial charge in [-0.2, -0.15) is 0 Å². The smallest absolute Gasteiger partial charge is 0.329 e. The lowest BCUT2D eigenvalue weighted by Gasteiger charge is -2.30. The fraction of sp³-hybridized carbons (Fsp3) is 0.286. The molecule has 2 fully saturated rings. The van der Waals surface area contributed by atoms with Crippen LogP contribution < -0.4 is 20.1 Å². The van der Waals surface area contributed by atoms with Gasteiger partial charge >= 0.3 is 5.97 Å². The zero-order valence-electron chi connectivity index (χ0n) is 15.3. The Bertz CT molecular complexity index is 1020. The van der Waals surface area contributed by atoms with Gasteiger partial charge < -0.3 is 14.6 Å². The Morgan fingerprint density at radius 1 is 1.00 bits per heavy atom. The minimum absolute atomic E-state index is 0.405. The molecule has 3 N–H and O–H groups in total. The molecule has 0 aliphatic carbocycles. The van der Waals surface area contributed by atoms with Crippen LogP contribution in [0.25, 0.3) is 0 Å². The molecule has 3 heterocycles. The van der Waals surface area contributed by atoms with E-state index in [4.69, 9.17) is 9.47 Å². The lowest BCUT2D eigenvalue weighted by atomic mass is 9.75. The van der Waals surface area contributed by atoms with E-state index < -0.39 is 41.2 Å². The van der Waals surface area contributed by atoms with Crippen LogP contribution in [-0.4, -0.2) is 36.1 Å². The first kappa shape index (κ1) is 17.7. The van der Waals surface area contributed by atoms with Crippen LogP contribution in [0.5, 0.6) is 11.5 Å². The van der Waals surface area contributed by atoms with Crippen molar-refractivity contribution >= 4 is 17.8 Å². The van der Waals surface area contributed by atoms with E-state index in [0.717, 1.165) is 0 Å². The number of rotatable bonds is 3. The lowest BCUT2D eigenvalue weighted by Crippen LogP contribution is -2.52. The molecule has 3 aliphatic heterocycles. The number of imide groups is 1. The molecule has 2 saturated heterocycles. The highest BCUT2D eigenvalue weighted by Crippen LogP contribution is 2.51. The normalized spacial score (nSPS) is 30.0. The number of carboxylic acid groups (broad SMARTS) is 1. The maximum atomic E-state index is 12.7. The number of carboxylic acids is 1. The second kappa shape index (κ2) is 6.31. The zero-order chi connectivity index (χ0) is 20.2. The molecule has 0 saturated carbocycles. The lowest BCUT2D eigenvalue weighted by molar-refractivity contribution is -0.149. The predicted octanol–water partition coefficient (Wildman–Crippen LogP) is 0.971. The van der Waals surface area contributed by atoms with E-state index in [-0.39, 0.29) is 0 Å². The quantitative estimate of drug-likeness (QED) is 0.665. The van der Waals surface area contributed by atoms with Crippen molar-refractivity contribution in [3.63, 3.8) is 0 Å². The predicted molar refractivity (Wildman–Crippen MR) is 99.2 cm³/mol. The van der Waals surface area contributed by atoms with Crippen molar-refractivity contribution in [2.24, 2.45) is 11.8 Å². The van der Waals surface area contributed by atoms with Crippen LogP contribution in [0, 0.1) is 11.8 Å². The molecule has 29 heavy (non-hydrogen) atoms. The number of nitrogens with one attached hydrogen (secondary N) is 2. The summed E-state index contributed by atoms with van der Waals surface area (Å²) in [5, 5.41) is 15.7. The van der Waals surface area contributed by atoms with Crippen molar-refractivity contribution in [1.82, 2.24) is 10.6 Å². The monoisotopic (exact) mass is 394 g/mol. The largest absolute Gasteiger partial charge is 0.486 e. The Labute approximate surface area is 165 Å². The minimum Gasteiger partial charge on any atom is -0.486 e. The maximum Gasteiger partial charge on any atom is 0.329 e. The van der Waals surface area contributed by atoms with Crippen molar-refractivity contribution in [3.05, 3.63) is 59.7 Å². The van der Waals surface area contributed by atoms with Crippen LogP contribution in [-0.2, 0) is 19.9 Å². The fourth-order valence-corrected chi connectivity index (χ4v) is 4.66. The van der Waals surface area contributed by atoms with Gasteiger partial charge in [-0.05, 0) is 23.3 Å². The van der Waals surface area contributed by atoms with E-state index in [1.54, 1.807) is 48.5 Å². The molecule has 0 bridgehead atoms. The van der Waals surface area contributed by atoms with E-state index in [2.05, 4.69) is 10.6 Å². The van der Waals surface area contributed by atoms with Crippen molar-refractivity contribution in [3.8, 4) is 11.5 Å². The molecule has 5 rings (SSSR count). The van der Waals surface area contributed by atoms with Crippen LogP contribution >= 0.6 is 0 Å². The molecule has 0 aromatic heterocycles. The maximum absolute atomic E-state index is 12.7. The van der Waals surface area contributed by atoms with Crippen molar-refractivity contribution < 1.29 is 29.0 Å². The van der Waals surface area contributed by atoms with Gasteiger partial charge in [0.1, 0.15) is 13.2 Å². The van der Waals surface area contributed by atoms with E-state index in [1.165, 1.54) is 0 Å². The minimum atomic E-state index is -1.72. The van der Waals surface area contributed by atoms with Crippen LogP contribution in [0.2, 0.25) is 0 Å². The number of aliphatic carboxylic acids is 1. The molecule has 0 radical (unpaired) electrons. The van der Waals surface area contributed by atoms with Gasteiger partial charge in [-0.1, -0.05) is 36.4 Å². The van der Waals surface area contributed by atoms with Crippen molar-refractivity contribution in [1.29, 1.82) is 0 Å². The zero-order valence-corrected chi connectivity index (χ0v) is 15.3. The molecule has 148 valence electrons. The summed E-state index contributed by atoms with van der Waals surface area (Å²) in [6.07, 6.45) is 0. The first-order chi connectivity index (χ1) is 14.0. The van der Waals surface area contributed by atoms with Crippen LogP contribution in [0.4, 0.5) is 0 Å². The summed E-state index contributed by atoms with van der Waals surface area (Å²) in [6.45, 7) is 0.856. The first-order valence-electron chi connectivity index (χ1n) is 9.33. The molecule has 0 spiro atoms. The highest BCUT2D eigenvalue weighted by atomic mass is 16.6. The molecule has 2 aromatic rings. The highest BCUT2D eigenvalue weighted by molar-refractivity contribution is 6.09. The summed E-state index contributed by atoms with van der Waals surface area (Å²) in [4.78, 5) is 37.9. The van der Waals surface area contributed by atoms with Crippen molar-refractivity contribution in [2.45, 2.75) is 11.6 Å². The number of carbonyl (C=O) groups is 3. The number of hydrogen-bond acceptors (Lipinski definition) is 6. The average Bonchev–Trinajstić information content (AvgIpc) is 3.25. The van der Waals surface area contributed by atoms with Crippen molar-refractivity contribution in [2.75, 3.05) is 13.2 Å². The van der Waals surface area contributed by atoms with Crippen LogP contribution in [0.1, 0.15) is 17.2 Å². The Morgan fingerprint density at radius 2 is 1.72 bits per heavy atom. The Morgan fingerprint density at radius 3 is 2.45 bits per heavy atom. The third kappa shape index (κ3) is 2.45. The van der Waals surface area contributed by atoms with E-state index in [1.807, 2.05) is 0 Å². The molecule has 4 atom stereocenters. The fourth-order valence-electron chi connectivity index (χ4n) is 4.66. The third-order valence-corrected chi connectivity index (χ3v) is 5.89. The van der Waals surface area contributed by atoms with E-state index in [9.17, 15) is 19.5 Å². The number of carbonyl (C=O) groups excluding carboxylic acids is 2. The van der Waals surface area contributed by atoms with Crippen LogP contribution in [0.15, 0.2) is 48.5 Å². The standard InChI is InChI=1S/C21H18N2O6/c24-18-15-16(19(25)22-18)21(20(26)27,12-4-2-1-3-5-12)23-17(15)11-6-7-13-14(10-11)29-9-8-28-13/h1-7,10,15-17,23H,8-9H2,(H,26,27)(H,22,24,25). The summed E-state index contributed by atoms with van der Waals surface area (Å²) in [7, 11) is 0. The first-order valence-corrected chi connectivity index (χ1v) is 9.33. The van der Waals surface area contributed by atoms with E-state index in [0.29, 0.717) is 35.8 Å². The molecular formula is C21H18N2O6. The van der Waals surface area contributed by atoms with Gasteiger partial charge in [-0.3, -0.25) is 20.2 Å². The average molecular weight is 394 g/mol. The number of amides is 2. The second-order valence-corrected chi connectivity index (χ2v) is 7.36. The summed E-state index contributed by atoms with van der Waals surface area (Å²) in [5.74, 6) is -3.08.